The van der Waals surface area contributed by atoms with Gasteiger partial charge in [0.2, 0.25) is 0 Å². The summed E-state index contributed by atoms with van der Waals surface area (Å²) in [6.45, 7) is 5.90. The first-order valence-electron chi connectivity index (χ1n) is 4.38. The zero-order chi connectivity index (χ0) is 8.85. The number of ketones is 1. The van der Waals surface area contributed by atoms with Crippen LogP contribution in [0.1, 0.15) is 40.0 Å². The maximum Gasteiger partial charge on any atom is 0.152 e. The molecule has 2 heteroatoms. The van der Waals surface area contributed by atoms with E-state index in [1.54, 1.807) is 0 Å². The lowest BCUT2D eigenvalue weighted by molar-refractivity contribution is -0.123. The molecular weight excluding hydrogens is 138 g/mol. The maximum atomic E-state index is 11.2. The minimum atomic E-state index is -0.227. The first-order chi connectivity index (χ1) is 5.09. The van der Waals surface area contributed by atoms with E-state index in [1.807, 2.05) is 13.8 Å². The molecule has 66 valence electrons. The van der Waals surface area contributed by atoms with Crippen molar-refractivity contribution >= 4 is 5.78 Å². The van der Waals surface area contributed by atoms with Gasteiger partial charge in [0.25, 0.3) is 0 Å². The van der Waals surface area contributed by atoms with Crippen LogP contribution in [0, 0.1) is 5.92 Å². The second-order valence-corrected chi connectivity index (χ2v) is 3.31. The minimum absolute atomic E-state index is 0.0851. The van der Waals surface area contributed by atoms with E-state index in [1.165, 1.54) is 0 Å². The Hall–Kier alpha value is -0.370. The van der Waals surface area contributed by atoms with Gasteiger partial charge in [0.1, 0.15) is 0 Å². The van der Waals surface area contributed by atoms with Gasteiger partial charge in [-0.05, 0) is 6.42 Å². The second kappa shape index (κ2) is 5.30. The van der Waals surface area contributed by atoms with E-state index in [0.717, 1.165) is 19.3 Å². The van der Waals surface area contributed by atoms with Crippen molar-refractivity contribution in [3.8, 4) is 0 Å². The number of hydrogen-bond acceptors (Lipinski definition) is 2. The van der Waals surface area contributed by atoms with E-state index in [9.17, 15) is 4.79 Å². The molecule has 0 fully saturated rings. The van der Waals surface area contributed by atoms with Gasteiger partial charge < -0.3 is 5.73 Å². The lowest BCUT2D eigenvalue weighted by Crippen LogP contribution is -2.33. The molecule has 0 aromatic heterocycles. The Morgan fingerprint density at radius 2 is 2.00 bits per heavy atom. The predicted octanol–water partition coefficient (Wildman–Crippen LogP) is 1.73. The minimum Gasteiger partial charge on any atom is -0.321 e. The van der Waals surface area contributed by atoms with Gasteiger partial charge in [0.05, 0.1) is 6.04 Å². The SMILES string of the molecule is CCCC[C@H](N)C(=O)C(C)C. The molecule has 2 N–H and O–H groups in total. The Morgan fingerprint density at radius 1 is 1.45 bits per heavy atom. The largest absolute Gasteiger partial charge is 0.321 e. The van der Waals surface area contributed by atoms with E-state index in [2.05, 4.69) is 6.92 Å². The van der Waals surface area contributed by atoms with E-state index in [-0.39, 0.29) is 17.7 Å². The fraction of sp³-hybridized carbons (Fsp3) is 0.889. The predicted molar refractivity (Wildman–Crippen MR) is 47.3 cm³/mol. The fourth-order valence-electron chi connectivity index (χ4n) is 0.994. The average Bonchev–Trinajstić information content (AvgIpc) is 1.98. The van der Waals surface area contributed by atoms with E-state index in [0.29, 0.717) is 0 Å². The van der Waals surface area contributed by atoms with Gasteiger partial charge in [0, 0.05) is 5.92 Å². The number of carbonyl (C=O) groups excluding carboxylic acids is 1. The molecule has 0 spiro atoms. The Bertz CT molecular complexity index is 121. The Balaban J connectivity index is 3.64. The highest BCUT2D eigenvalue weighted by molar-refractivity contribution is 5.85. The quantitative estimate of drug-likeness (QED) is 0.660. The van der Waals surface area contributed by atoms with E-state index < -0.39 is 0 Å². The molecule has 0 amide bonds. The zero-order valence-electron chi connectivity index (χ0n) is 7.76. The summed E-state index contributed by atoms with van der Waals surface area (Å²) in [5.41, 5.74) is 5.65. The van der Waals surface area contributed by atoms with Crippen LogP contribution in [0.3, 0.4) is 0 Å². The molecule has 0 saturated heterocycles. The Labute approximate surface area is 69.2 Å². The van der Waals surface area contributed by atoms with Gasteiger partial charge in [-0.25, -0.2) is 0 Å². The van der Waals surface area contributed by atoms with Crippen molar-refractivity contribution in [2.24, 2.45) is 11.7 Å². The summed E-state index contributed by atoms with van der Waals surface area (Å²) < 4.78 is 0. The summed E-state index contributed by atoms with van der Waals surface area (Å²) in [5.74, 6) is 0.278. The summed E-state index contributed by atoms with van der Waals surface area (Å²) in [4.78, 5) is 11.2. The van der Waals surface area contributed by atoms with Crippen LogP contribution >= 0.6 is 0 Å². The maximum absolute atomic E-state index is 11.2. The fourth-order valence-corrected chi connectivity index (χ4v) is 0.994. The topological polar surface area (TPSA) is 43.1 Å². The number of nitrogens with two attached hydrogens (primary N) is 1. The van der Waals surface area contributed by atoms with Crippen LogP contribution in [0.25, 0.3) is 0 Å². The number of rotatable bonds is 5. The third kappa shape index (κ3) is 4.14. The molecule has 0 unspecified atom stereocenters. The van der Waals surface area contributed by atoms with Gasteiger partial charge in [-0.3, -0.25) is 4.79 Å². The van der Waals surface area contributed by atoms with Crippen molar-refractivity contribution in [3.63, 3.8) is 0 Å². The Morgan fingerprint density at radius 3 is 2.36 bits per heavy atom. The monoisotopic (exact) mass is 157 g/mol. The van der Waals surface area contributed by atoms with E-state index in [4.69, 9.17) is 5.73 Å². The molecule has 0 bridgehead atoms. The lowest BCUT2D eigenvalue weighted by Gasteiger charge is -2.11. The molecule has 0 aliphatic rings. The average molecular weight is 157 g/mol. The third-order valence-corrected chi connectivity index (χ3v) is 1.80. The number of hydrogen-bond donors (Lipinski definition) is 1. The summed E-state index contributed by atoms with van der Waals surface area (Å²) in [6, 6.07) is -0.227. The van der Waals surface area contributed by atoms with Gasteiger partial charge in [-0.1, -0.05) is 33.6 Å². The first kappa shape index (κ1) is 10.6. The molecule has 0 aliphatic heterocycles. The molecule has 0 saturated carbocycles. The van der Waals surface area contributed by atoms with Crippen LogP contribution in [0.5, 0.6) is 0 Å². The molecule has 11 heavy (non-hydrogen) atoms. The zero-order valence-corrected chi connectivity index (χ0v) is 7.76. The highest BCUT2D eigenvalue weighted by Gasteiger charge is 2.15. The van der Waals surface area contributed by atoms with Crippen LogP contribution in [-0.2, 0) is 4.79 Å². The smallest absolute Gasteiger partial charge is 0.152 e. The van der Waals surface area contributed by atoms with Crippen molar-refractivity contribution in [2.45, 2.75) is 46.1 Å². The van der Waals surface area contributed by atoms with Crippen molar-refractivity contribution in [1.29, 1.82) is 0 Å². The third-order valence-electron chi connectivity index (χ3n) is 1.80. The highest BCUT2D eigenvalue weighted by Crippen LogP contribution is 2.04. The molecule has 0 rings (SSSR count). The van der Waals surface area contributed by atoms with Crippen LogP contribution < -0.4 is 5.73 Å². The van der Waals surface area contributed by atoms with Gasteiger partial charge >= 0.3 is 0 Å². The van der Waals surface area contributed by atoms with Crippen LogP contribution in [0.4, 0.5) is 0 Å². The van der Waals surface area contributed by atoms with Crippen molar-refractivity contribution in [1.82, 2.24) is 0 Å². The highest BCUT2D eigenvalue weighted by atomic mass is 16.1. The number of carbonyl (C=O) groups is 1. The van der Waals surface area contributed by atoms with Gasteiger partial charge in [-0.2, -0.15) is 0 Å². The number of unbranched alkanes of at least 4 members (excludes halogenated alkanes) is 1. The van der Waals surface area contributed by atoms with Gasteiger partial charge in [-0.15, -0.1) is 0 Å². The molecular formula is C9H19NO. The molecule has 0 heterocycles. The standard InChI is InChI=1S/C9H19NO/c1-4-5-6-8(10)9(11)7(2)3/h7-8H,4-6,10H2,1-3H3/t8-/m0/s1. The number of Topliss-reactive ketones (excluding diaryl/α,β-unsaturated/α-hetero) is 1. The Kier molecular flexibility index (Phi) is 5.12. The van der Waals surface area contributed by atoms with Crippen molar-refractivity contribution in [2.75, 3.05) is 0 Å². The van der Waals surface area contributed by atoms with Gasteiger partial charge in [0.15, 0.2) is 5.78 Å². The van der Waals surface area contributed by atoms with Crippen molar-refractivity contribution < 1.29 is 4.79 Å². The second-order valence-electron chi connectivity index (χ2n) is 3.31. The summed E-state index contributed by atoms with van der Waals surface area (Å²) in [7, 11) is 0. The van der Waals surface area contributed by atoms with E-state index >= 15 is 0 Å². The summed E-state index contributed by atoms with van der Waals surface area (Å²) in [6.07, 6.45) is 3.01. The molecule has 1 atom stereocenters. The summed E-state index contributed by atoms with van der Waals surface area (Å²) >= 11 is 0. The molecule has 0 aliphatic carbocycles. The molecule has 0 radical (unpaired) electrons. The normalized spacial score (nSPS) is 13.5. The summed E-state index contributed by atoms with van der Waals surface area (Å²) in [5, 5.41) is 0. The first-order valence-corrected chi connectivity index (χ1v) is 4.38. The molecule has 0 aromatic carbocycles. The van der Waals surface area contributed by atoms with Crippen LogP contribution in [0.2, 0.25) is 0 Å². The molecule has 2 nitrogen and oxygen atoms in total. The van der Waals surface area contributed by atoms with Crippen LogP contribution in [-0.4, -0.2) is 11.8 Å². The lowest BCUT2D eigenvalue weighted by atomic mass is 9.98. The molecule has 0 aromatic rings. The van der Waals surface area contributed by atoms with Crippen LogP contribution in [0.15, 0.2) is 0 Å². The van der Waals surface area contributed by atoms with Crippen molar-refractivity contribution in [3.05, 3.63) is 0 Å².